The minimum atomic E-state index is -0.456. The highest BCUT2D eigenvalue weighted by atomic mass is 35.5. The molecule has 182 valence electrons. The van der Waals surface area contributed by atoms with Crippen molar-refractivity contribution in [3.8, 4) is 5.75 Å². The summed E-state index contributed by atoms with van der Waals surface area (Å²) in [6.07, 6.45) is 0. The maximum Gasteiger partial charge on any atom is 0.255 e. The van der Waals surface area contributed by atoms with Gasteiger partial charge in [-0.1, -0.05) is 76.7 Å². The number of carbonyl (C=O) groups excluding carboxylic acids is 2. The van der Waals surface area contributed by atoms with Gasteiger partial charge in [0.1, 0.15) is 12.4 Å². The molecule has 0 aromatic heterocycles. The average molecular weight is 560 g/mol. The van der Waals surface area contributed by atoms with Gasteiger partial charge in [0, 0.05) is 22.5 Å². The Labute approximate surface area is 227 Å². The molecule has 0 aliphatic rings. The summed E-state index contributed by atoms with van der Waals surface area (Å²) in [4.78, 5) is 26.1. The van der Waals surface area contributed by atoms with Crippen LogP contribution in [-0.2, 0) is 6.61 Å². The van der Waals surface area contributed by atoms with Gasteiger partial charge in [0.2, 0.25) is 0 Å². The number of halogens is 4. The highest BCUT2D eigenvalue weighted by molar-refractivity contribution is 6.42. The van der Waals surface area contributed by atoms with Gasteiger partial charge in [0.05, 0.1) is 20.1 Å². The predicted octanol–water partition coefficient (Wildman–Crippen LogP) is 8.38. The lowest BCUT2D eigenvalue weighted by molar-refractivity contribution is 0.102. The first-order chi connectivity index (χ1) is 17.3. The second-order valence-electron chi connectivity index (χ2n) is 7.69. The summed E-state index contributed by atoms with van der Waals surface area (Å²) in [5.74, 6) is -0.566. The van der Waals surface area contributed by atoms with Gasteiger partial charge >= 0.3 is 0 Å². The molecule has 0 aliphatic carbocycles. The molecule has 4 rings (SSSR count). The van der Waals surface area contributed by atoms with Crippen LogP contribution >= 0.6 is 46.4 Å². The lowest BCUT2D eigenvalue weighted by Gasteiger charge is -2.13. The molecule has 2 N–H and O–H groups in total. The largest absolute Gasteiger partial charge is 0.489 e. The fraction of sp³-hybridized carbons (Fsp3) is 0.0370. The molecule has 4 aromatic rings. The number of benzene rings is 4. The maximum absolute atomic E-state index is 13.0. The van der Waals surface area contributed by atoms with Crippen molar-refractivity contribution in [2.45, 2.75) is 6.61 Å². The molecule has 4 aromatic carbocycles. The smallest absolute Gasteiger partial charge is 0.255 e. The molecule has 0 unspecified atom stereocenters. The summed E-state index contributed by atoms with van der Waals surface area (Å²) in [7, 11) is 0. The topological polar surface area (TPSA) is 67.4 Å². The van der Waals surface area contributed by atoms with E-state index < -0.39 is 11.8 Å². The first-order valence-electron chi connectivity index (χ1n) is 10.6. The number of rotatable bonds is 7. The van der Waals surface area contributed by atoms with Crippen LogP contribution in [0.2, 0.25) is 20.1 Å². The van der Waals surface area contributed by atoms with E-state index in [1.807, 2.05) is 30.3 Å². The second-order valence-corrected chi connectivity index (χ2v) is 9.32. The summed E-state index contributed by atoms with van der Waals surface area (Å²) in [6, 6.07) is 23.6. The van der Waals surface area contributed by atoms with E-state index in [1.54, 1.807) is 36.4 Å². The normalized spacial score (nSPS) is 10.6. The molecule has 0 spiro atoms. The molecule has 0 aliphatic heterocycles. The number of anilines is 2. The molecule has 0 heterocycles. The Morgan fingerprint density at radius 2 is 1.11 bits per heavy atom. The van der Waals surface area contributed by atoms with Crippen LogP contribution in [0.1, 0.15) is 26.3 Å². The van der Waals surface area contributed by atoms with E-state index in [2.05, 4.69) is 10.6 Å². The van der Waals surface area contributed by atoms with Crippen LogP contribution < -0.4 is 15.4 Å². The minimum absolute atomic E-state index is 0.214. The van der Waals surface area contributed by atoms with E-state index >= 15 is 0 Å². The van der Waals surface area contributed by atoms with Gasteiger partial charge in [-0.05, 0) is 60.2 Å². The Morgan fingerprint density at radius 1 is 0.611 bits per heavy atom. The van der Waals surface area contributed by atoms with Crippen molar-refractivity contribution in [2.24, 2.45) is 0 Å². The number of ether oxygens (including phenoxy) is 1. The number of carbonyl (C=O) groups is 2. The fourth-order valence-electron chi connectivity index (χ4n) is 3.24. The van der Waals surface area contributed by atoms with E-state index in [0.717, 1.165) is 5.56 Å². The third-order valence-electron chi connectivity index (χ3n) is 5.03. The van der Waals surface area contributed by atoms with Gasteiger partial charge in [-0.25, -0.2) is 0 Å². The Kier molecular flexibility index (Phi) is 8.39. The van der Waals surface area contributed by atoms with E-state index in [4.69, 9.17) is 51.1 Å². The van der Waals surface area contributed by atoms with Gasteiger partial charge in [-0.2, -0.15) is 0 Å². The van der Waals surface area contributed by atoms with E-state index in [-0.39, 0.29) is 17.7 Å². The number of nitrogens with one attached hydrogen (secondary N) is 2. The highest BCUT2D eigenvalue weighted by Crippen LogP contribution is 2.28. The van der Waals surface area contributed by atoms with Crippen LogP contribution in [0.4, 0.5) is 11.4 Å². The van der Waals surface area contributed by atoms with Crippen LogP contribution in [0.3, 0.4) is 0 Å². The van der Waals surface area contributed by atoms with Gasteiger partial charge in [-0.3, -0.25) is 9.59 Å². The highest BCUT2D eigenvalue weighted by Gasteiger charge is 2.16. The Morgan fingerprint density at radius 3 is 1.58 bits per heavy atom. The Hall–Kier alpha value is -3.22. The van der Waals surface area contributed by atoms with Crippen molar-refractivity contribution in [1.29, 1.82) is 0 Å². The molecule has 0 radical (unpaired) electrons. The van der Waals surface area contributed by atoms with Gasteiger partial charge in [0.25, 0.3) is 11.8 Å². The first kappa shape index (κ1) is 25.9. The molecular formula is C27H18Cl4N2O3. The molecular weight excluding hydrogens is 542 g/mol. The SMILES string of the molecule is O=C(Nc1ccc(Cl)c(Cl)c1)c1cc(OCc2ccccc2)cc(C(=O)Nc2ccc(Cl)c(Cl)c2)c1. The standard InChI is InChI=1S/C27H18Cl4N2O3/c28-22-8-6-19(13-24(22)30)32-26(34)17-10-18(27(35)33-20-7-9-23(29)25(31)14-20)12-21(11-17)36-15-16-4-2-1-3-5-16/h1-14H,15H2,(H,32,34)(H,33,35). The minimum Gasteiger partial charge on any atom is -0.489 e. The van der Waals surface area contributed by atoms with Gasteiger partial charge in [0.15, 0.2) is 0 Å². The van der Waals surface area contributed by atoms with Gasteiger partial charge < -0.3 is 15.4 Å². The van der Waals surface area contributed by atoms with E-state index in [9.17, 15) is 9.59 Å². The van der Waals surface area contributed by atoms with Crippen LogP contribution in [0.5, 0.6) is 5.75 Å². The lowest BCUT2D eigenvalue weighted by atomic mass is 10.1. The van der Waals surface area contributed by atoms with Crippen molar-refractivity contribution in [3.05, 3.63) is 122 Å². The maximum atomic E-state index is 13.0. The number of hydrogen-bond acceptors (Lipinski definition) is 3. The van der Waals surface area contributed by atoms with Crippen molar-refractivity contribution >= 4 is 69.6 Å². The summed E-state index contributed by atoms with van der Waals surface area (Å²) < 4.78 is 5.91. The number of hydrogen-bond donors (Lipinski definition) is 2. The fourth-order valence-corrected chi connectivity index (χ4v) is 3.84. The quantitative estimate of drug-likeness (QED) is 0.239. The Bertz CT molecular complexity index is 1340. The van der Waals surface area contributed by atoms with Crippen LogP contribution in [-0.4, -0.2) is 11.8 Å². The molecule has 5 nitrogen and oxygen atoms in total. The summed E-state index contributed by atoms with van der Waals surface area (Å²) in [5, 5.41) is 6.85. The third kappa shape index (κ3) is 6.71. The number of amides is 2. The van der Waals surface area contributed by atoms with Crippen molar-refractivity contribution in [3.63, 3.8) is 0 Å². The zero-order valence-electron chi connectivity index (χ0n) is 18.5. The molecule has 2 amide bonds. The first-order valence-corrected chi connectivity index (χ1v) is 12.1. The van der Waals surface area contributed by atoms with E-state index in [0.29, 0.717) is 37.2 Å². The van der Waals surface area contributed by atoms with Crippen molar-refractivity contribution < 1.29 is 14.3 Å². The average Bonchev–Trinajstić information content (AvgIpc) is 2.87. The summed E-state index contributed by atoms with van der Waals surface area (Å²) in [5.41, 5.74) is 2.26. The lowest BCUT2D eigenvalue weighted by Crippen LogP contribution is -2.16. The monoisotopic (exact) mass is 558 g/mol. The Balaban J connectivity index is 1.61. The van der Waals surface area contributed by atoms with E-state index in [1.165, 1.54) is 18.2 Å². The molecule has 0 saturated heterocycles. The second kappa shape index (κ2) is 11.7. The van der Waals surface area contributed by atoms with Crippen molar-refractivity contribution in [1.82, 2.24) is 0 Å². The molecule has 9 heteroatoms. The molecule has 0 fully saturated rings. The molecule has 0 bridgehead atoms. The van der Waals surface area contributed by atoms with Crippen LogP contribution in [0.15, 0.2) is 84.9 Å². The van der Waals surface area contributed by atoms with Crippen molar-refractivity contribution in [2.75, 3.05) is 10.6 Å². The molecule has 0 atom stereocenters. The zero-order valence-corrected chi connectivity index (χ0v) is 21.6. The summed E-state index contributed by atoms with van der Waals surface area (Å²) in [6.45, 7) is 0.257. The van der Waals surface area contributed by atoms with Crippen LogP contribution in [0, 0.1) is 0 Å². The van der Waals surface area contributed by atoms with Gasteiger partial charge in [-0.15, -0.1) is 0 Å². The molecule has 36 heavy (non-hydrogen) atoms. The predicted molar refractivity (Wildman–Crippen MR) is 146 cm³/mol. The molecule has 0 saturated carbocycles. The third-order valence-corrected chi connectivity index (χ3v) is 6.51. The summed E-state index contributed by atoms with van der Waals surface area (Å²) >= 11 is 24.0. The zero-order chi connectivity index (χ0) is 25.7. The van der Waals surface area contributed by atoms with Crippen LogP contribution in [0.25, 0.3) is 0 Å².